The van der Waals surface area contributed by atoms with Gasteiger partial charge in [0.2, 0.25) is 0 Å². The second-order valence-corrected chi connectivity index (χ2v) is 3.78. The molecular formula is C12H17Cl2N3. The van der Waals surface area contributed by atoms with Crippen molar-refractivity contribution in [3.8, 4) is 0 Å². The number of nitrogens with zero attached hydrogens (tertiary/aromatic N) is 2. The van der Waals surface area contributed by atoms with Gasteiger partial charge in [-0.2, -0.15) is 0 Å². The van der Waals surface area contributed by atoms with Crippen LogP contribution >= 0.6 is 24.8 Å². The first-order chi connectivity index (χ1) is 7.25. The smallest absolute Gasteiger partial charge is 0.136 e. The highest BCUT2D eigenvalue weighted by Gasteiger charge is 1.93. The zero-order chi connectivity index (χ0) is 10.7. The van der Waals surface area contributed by atoms with Crippen molar-refractivity contribution in [2.24, 2.45) is 5.73 Å². The fraction of sp³-hybridized carbons (Fsp3) is 0.250. The fourth-order valence-electron chi connectivity index (χ4n) is 1.44. The van der Waals surface area contributed by atoms with E-state index in [0.29, 0.717) is 0 Å². The molecule has 2 N–H and O–H groups in total. The van der Waals surface area contributed by atoms with Gasteiger partial charge in [-0.05, 0) is 25.5 Å². The molecule has 2 heterocycles. The molecule has 0 fully saturated rings. The van der Waals surface area contributed by atoms with Gasteiger partial charge in [0, 0.05) is 30.2 Å². The van der Waals surface area contributed by atoms with E-state index < -0.39 is 0 Å². The Bertz CT molecular complexity index is 477. The number of halogens is 2. The lowest BCUT2D eigenvalue weighted by Gasteiger charge is -1.99. The van der Waals surface area contributed by atoms with Crippen molar-refractivity contribution in [1.82, 2.24) is 9.38 Å². The number of fused-ring (bicyclic) bond motifs is 1. The Hall–Kier alpha value is -1.03. The zero-order valence-electron chi connectivity index (χ0n) is 9.61. The van der Waals surface area contributed by atoms with Crippen LogP contribution in [0, 0.1) is 0 Å². The average molecular weight is 274 g/mol. The van der Waals surface area contributed by atoms with Gasteiger partial charge in [0.15, 0.2) is 0 Å². The van der Waals surface area contributed by atoms with Crippen LogP contribution in [0.4, 0.5) is 0 Å². The van der Waals surface area contributed by atoms with Gasteiger partial charge in [0.1, 0.15) is 5.65 Å². The molecular weight excluding hydrogens is 257 g/mol. The molecule has 5 heteroatoms. The first kappa shape index (κ1) is 16.0. The van der Waals surface area contributed by atoms with E-state index in [9.17, 15) is 0 Å². The molecule has 1 atom stereocenters. The van der Waals surface area contributed by atoms with E-state index in [1.165, 1.54) is 0 Å². The summed E-state index contributed by atoms with van der Waals surface area (Å²) in [6.45, 7) is 2.00. The lowest BCUT2D eigenvalue weighted by molar-refractivity contribution is 0.759. The standard InChI is InChI=1S/C12H15N3.2ClH/c1-10(13)4-2-5-11-8-14-12-6-3-7-15(12)9-11;;/h2-3,5-10H,4,13H2,1H3;2*1H/b5-2+;;/t10-;;/m0../s1. The van der Waals surface area contributed by atoms with Gasteiger partial charge >= 0.3 is 0 Å². The van der Waals surface area contributed by atoms with E-state index in [0.717, 1.165) is 17.6 Å². The highest BCUT2D eigenvalue weighted by atomic mass is 35.5. The Balaban J connectivity index is 0.00000128. The summed E-state index contributed by atoms with van der Waals surface area (Å²) in [6.07, 6.45) is 10.9. The highest BCUT2D eigenvalue weighted by molar-refractivity contribution is 5.85. The van der Waals surface area contributed by atoms with Crippen LogP contribution in [-0.2, 0) is 0 Å². The Labute approximate surface area is 114 Å². The topological polar surface area (TPSA) is 43.3 Å². The summed E-state index contributed by atoms with van der Waals surface area (Å²) in [6, 6.07) is 4.18. The van der Waals surface area contributed by atoms with Crippen LogP contribution in [0.1, 0.15) is 18.9 Å². The first-order valence-electron chi connectivity index (χ1n) is 5.10. The Morgan fingerprint density at radius 1 is 1.47 bits per heavy atom. The maximum atomic E-state index is 5.66. The Morgan fingerprint density at radius 2 is 2.24 bits per heavy atom. The van der Waals surface area contributed by atoms with Crippen LogP contribution < -0.4 is 5.73 Å². The van der Waals surface area contributed by atoms with Gasteiger partial charge in [-0.25, -0.2) is 4.98 Å². The number of rotatable bonds is 3. The SMILES string of the molecule is C[C@H](N)C/C=C/c1cnc2cccn2c1.Cl.Cl. The van der Waals surface area contributed by atoms with E-state index in [2.05, 4.69) is 23.3 Å². The molecule has 17 heavy (non-hydrogen) atoms. The number of hydrogen-bond acceptors (Lipinski definition) is 2. The van der Waals surface area contributed by atoms with Gasteiger partial charge in [-0.1, -0.05) is 12.2 Å². The molecule has 0 saturated heterocycles. The lowest BCUT2D eigenvalue weighted by atomic mass is 10.2. The van der Waals surface area contributed by atoms with Crippen molar-refractivity contribution < 1.29 is 0 Å². The van der Waals surface area contributed by atoms with Crippen LogP contribution in [0.5, 0.6) is 0 Å². The summed E-state index contributed by atoms with van der Waals surface area (Å²) >= 11 is 0. The quantitative estimate of drug-likeness (QED) is 0.935. The average Bonchev–Trinajstić information content (AvgIpc) is 2.64. The third-order valence-electron chi connectivity index (χ3n) is 2.21. The van der Waals surface area contributed by atoms with E-state index in [1.807, 2.05) is 35.9 Å². The maximum absolute atomic E-state index is 5.66. The minimum Gasteiger partial charge on any atom is -0.328 e. The summed E-state index contributed by atoms with van der Waals surface area (Å²) < 4.78 is 2.01. The first-order valence-corrected chi connectivity index (χ1v) is 5.10. The van der Waals surface area contributed by atoms with Crippen molar-refractivity contribution in [2.45, 2.75) is 19.4 Å². The molecule has 2 aromatic heterocycles. The Kier molecular flexibility index (Phi) is 6.88. The molecule has 94 valence electrons. The molecule has 0 bridgehead atoms. The molecule has 0 aliphatic carbocycles. The van der Waals surface area contributed by atoms with Gasteiger partial charge < -0.3 is 10.1 Å². The van der Waals surface area contributed by atoms with Crippen LogP contribution in [0.3, 0.4) is 0 Å². The second kappa shape index (κ2) is 7.33. The number of aromatic nitrogens is 2. The van der Waals surface area contributed by atoms with Crippen molar-refractivity contribution in [3.05, 3.63) is 42.4 Å². The van der Waals surface area contributed by atoms with E-state index in [4.69, 9.17) is 5.73 Å². The van der Waals surface area contributed by atoms with E-state index in [1.54, 1.807) is 0 Å². The minimum absolute atomic E-state index is 0. The molecule has 2 aromatic rings. The number of nitrogens with two attached hydrogens (primary N) is 1. The van der Waals surface area contributed by atoms with Gasteiger partial charge in [-0.3, -0.25) is 0 Å². The predicted octanol–water partition coefficient (Wildman–Crippen LogP) is 2.93. The molecule has 0 aromatic carbocycles. The molecule has 0 aliphatic heterocycles. The summed E-state index contributed by atoms with van der Waals surface area (Å²) in [7, 11) is 0. The van der Waals surface area contributed by atoms with Crippen LogP contribution in [-0.4, -0.2) is 15.4 Å². The largest absolute Gasteiger partial charge is 0.328 e. The summed E-state index contributed by atoms with van der Waals surface area (Å²) in [4.78, 5) is 4.32. The van der Waals surface area contributed by atoms with Crippen molar-refractivity contribution >= 4 is 36.5 Å². The molecule has 0 aliphatic rings. The van der Waals surface area contributed by atoms with Gasteiger partial charge in [0.25, 0.3) is 0 Å². The lowest BCUT2D eigenvalue weighted by Crippen LogP contribution is -2.12. The molecule has 0 saturated carbocycles. The summed E-state index contributed by atoms with van der Waals surface area (Å²) in [5, 5.41) is 0. The predicted molar refractivity (Wildman–Crippen MR) is 77.0 cm³/mol. The molecule has 0 amide bonds. The third kappa shape index (κ3) is 4.38. The van der Waals surface area contributed by atoms with Crippen LogP contribution in [0.15, 0.2) is 36.8 Å². The highest BCUT2D eigenvalue weighted by Crippen LogP contribution is 2.06. The molecule has 0 unspecified atom stereocenters. The normalized spacial score (nSPS) is 12.1. The zero-order valence-corrected chi connectivity index (χ0v) is 11.2. The maximum Gasteiger partial charge on any atom is 0.136 e. The van der Waals surface area contributed by atoms with Crippen molar-refractivity contribution in [1.29, 1.82) is 0 Å². The molecule has 0 radical (unpaired) electrons. The molecule has 0 spiro atoms. The summed E-state index contributed by atoms with van der Waals surface area (Å²) in [5.41, 5.74) is 7.73. The van der Waals surface area contributed by atoms with E-state index >= 15 is 0 Å². The second-order valence-electron chi connectivity index (χ2n) is 3.78. The molecule has 3 nitrogen and oxygen atoms in total. The summed E-state index contributed by atoms with van der Waals surface area (Å²) in [5.74, 6) is 0. The van der Waals surface area contributed by atoms with Crippen molar-refractivity contribution in [2.75, 3.05) is 0 Å². The van der Waals surface area contributed by atoms with E-state index in [-0.39, 0.29) is 30.9 Å². The van der Waals surface area contributed by atoms with Gasteiger partial charge in [-0.15, -0.1) is 24.8 Å². The third-order valence-corrected chi connectivity index (χ3v) is 2.21. The van der Waals surface area contributed by atoms with Gasteiger partial charge in [0.05, 0.1) is 0 Å². The Morgan fingerprint density at radius 3 is 2.94 bits per heavy atom. The molecule has 2 rings (SSSR count). The van der Waals surface area contributed by atoms with Crippen LogP contribution in [0.2, 0.25) is 0 Å². The van der Waals surface area contributed by atoms with Crippen molar-refractivity contribution in [3.63, 3.8) is 0 Å². The monoisotopic (exact) mass is 273 g/mol. The number of hydrogen-bond donors (Lipinski definition) is 1. The van der Waals surface area contributed by atoms with Crippen LogP contribution in [0.25, 0.3) is 11.7 Å². The minimum atomic E-state index is 0. The fourth-order valence-corrected chi connectivity index (χ4v) is 1.44.